The molecule has 0 saturated carbocycles. The first-order valence-electron chi connectivity index (χ1n) is 15.6. The number of benzene rings is 3. The van der Waals surface area contributed by atoms with Gasteiger partial charge in [0, 0.05) is 61.7 Å². The molecule has 0 radical (unpaired) electrons. The Morgan fingerprint density at radius 3 is 1.88 bits per heavy atom. The highest BCUT2D eigenvalue weighted by molar-refractivity contribution is 7.12. The van der Waals surface area contributed by atoms with Crippen molar-refractivity contribution in [2.45, 2.75) is 54.0 Å². The fourth-order valence-corrected chi connectivity index (χ4v) is 6.19. The van der Waals surface area contributed by atoms with E-state index in [0.717, 1.165) is 38.1 Å². The fourth-order valence-electron chi connectivity index (χ4n) is 5.50. The van der Waals surface area contributed by atoms with Gasteiger partial charge in [-0.1, -0.05) is 34.6 Å². The third-order valence-electron chi connectivity index (χ3n) is 7.67. The summed E-state index contributed by atoms with van der Waals surface area (Å²) < 4.78 is 2.06. The first-order chi connectivity index (χ1) is 23.8. The van der Waals surface area contributed by atoms with Crippen molar-refractivity contribution in [1.29, 1.82) is 0 Å². The van der Waals surface area contributed by atoms with Gasteiger partial charge in [0.1, 0.15) is 0 Å². The van der Waals surface area contributed by atoms with Crippen LogP contribution in [0.1, 0.15) is 74.3 Å². The number of fused-ring (bicyclic) bond motifs is 3. The lowest BCUT2D eigenvalue weighted by atomic mass is 10.00. The summed E-state index contributed by atoms with van der Waals surface area (Å²) in [7, 11) is 0. The van der Waals surface area contributed by atoms with Crippen molar-refractivity contribution >= 4 is 74.2 Å². The van der Waals surface area contributed by atoms with Crippen molar-refractivity contribution in [3.05, 3.63) is 99.7 Å². The van der Waals surface area contributed by atoms with Gasteiger partial charge < -0.3 is 19.1 Å². The second-order valence-corrected chi connectivity index (χ2v) is 12.5. The van der Waals surface area contributed by atoms with E-state index in [9.17, 15) is 24.0 Å². The molecule has 2 heterocycles. The number of rotatable bonds is 10. The molecule has 0 aliphatic rings. The smallest absolute Gasteiger partial charge is 0.331 e. The monoisotopic (exact) mass is 694 g/mol. The molecule has 50 heavy (non-hydrogen) atoms. The first-order valence-corrected chi connectivity index (χ1v) is 16.4. The zero-order chi connectivity index (χ0) is 36.1. The minimum Gasteiger partial charge on any atom is -0.338 e. The number of hydrogen-bond acceptors (Lipinski definition) is 11. The van der Waals surface area contributed by atoms with Crippen LogP contribution in [0.5, 0.6) is 0 Å². The van der Waals surface area contributed by atoms with Gasteiger partial charge in [0.15, 0.2) is 0 Å². The maximum absolute atomic E-state index is 13.4. The maximum Gasteiger partial charge on any atom is 0.331 e. The largest absolute Gasteiger partial charge is 0.338 e. The molecular weight excluding hydrogens is 660 g/mol. The normalized spacial score (nSPS) is 12.4. The molecule has 0 fully saturated rings. The Bertz CT molecular complexity index is 2180. The molecule has 1 unspecified atom stereocenters. The summed E-state index contributed by atoms with van der Waals surface area (Å²) in [6, 6.07) is 21.7. The molecular formula is C37H34N4O8S. The summed E-state index contributed by atoms with van der Waals surface area (Å²) in [5, 5.41) is 12.4. The van der Waals surface area contributed by atoms with Gasteiger partial charge >= 0.3 is 17.9 Å². The van der Waals surface area contributed by atoms with Gasteiger partial charge in [0.05, 0.1) is 33.4 Å². The predicted molar refractivity (Wildman–Crippen MR) is 189 cm³/mol. The highest BCUT2D eigenvalue weighted by Crippen LogP contribution is 2.35. The lowest BCUT2D eigenvalue weighted by molar-refractivity contribution is -0.202. The summed E-state index contributed by atoms with van der Waals surface area (Å²) in [5.41, 5.74) is 5.16. The molecule has 2 aromatic heterocycles. The molecule has 1 atom stereocenters. The van der Waals surface area contributed by atoms with Crippen molar-refractivity contribution in [1.82, 2.24) is 9.63 Å². The van der Waals surface area contributed by atoms with Gasteiger partial charge in [-0.3, -0.25) is 14.4 Å². The van der Waals surface area contributed by atoms with E-state index in [2.05, 4.69) is 14.9 Å². The van der Waals surface area contributed by atoms with Gasteiger partial charge in [0.25, 0.3) is 5.91 Å². The van der Waals surface area contributed by atoms with Crippen LogP contribution in [0.2, 0.25) is 0 Å². The number of carbonyl (C=O) groups excluding carboxylic acids is 5. The second-order valence-electron chi connectivity index (χ2n) is 11.5. The molecule has 13 heteroatoms. The number of amides is 1. The van der Waals surface area contributed by atoms with Gasteiger partial charge in [0.2, 0.25) is 5.78 Å². The zero-order valence-electron chi connectivity index (χ0n) is 28.3. The topological polar surface area (TPSA) is 146 Å². The Kier molecular flexibility index (Phi) is 10.7. The first kappa shape index (κ1) is 35.4. The Morgan fingerprint density at radius 1 is 0.740 bits per heavy atom. The van der Waals surface area contributed by atoms with E-state index in [1.54, 1.807) is 26.0 Å². The number of oxime groups is 2. The van der Waals surface area contributed by atoms with E-state index in [0.29, 0.717) is 27.4 Å². The van der Waals surface area contributed by atoms with Crippen LogP contribution in [0.15, 0.2) is 88.5 Å². The number of ketones is 1. The average molecular weight is 695 g/mol. The summed E-state index contributed by atoms with van der Waals surface area (Å²) >= 11 is 1.36. The minimum atomic E-state index is -0.663. The standard InChI is InChI=1S/C37H34N4O8S/c1-21(41(23(3)42)49-26(6)45)18-33(39-48-25(5)44)28-11-15-34-31(19-28)32-20-29(37(46)36-8-7-17-50-36)12-16-35(32)40(34)30-13-9-27(10-14-30)22(2)38-47-24(4)43/h7-17,19-21H,18H2,1-6H3/b38-22?,39-33+. The zero-order valence-corrected chi connectivity index (χ0v) is 29.1. The van der Waals surface area contributed by atoms with E-state index in [4.69, 9.17) is 14.5 Å². The van der Waals surface area contributed by atoms with Crippen molar-refractivity contribution < 1.29 is 38.5 Å². The van der Waals surface area contributed by atoms with Gasteiger partial charge in [-0.25, -0.2) is 9.59 Å². The van der Waals surface area contributed by atoms with E-state index in [1.165, 1.54) is 39.0 Å². The van der Waals surface area contributed by atoms with Crippen molar-refractivity contribution in [3.63, 3.8) is 0 Å². The SMILES string of the molecule is CC(=O)ON=C(C)c1ccc(-n2c3ccc(C(=O)c4cccs4)cc3c3cc(/C(CC(C)N(OC(C)=O)C(C)=O)=N/OC(C)=O)ccc32)cc1. The van der Waals surface area contributed by atoms with E-state index in [-0.39, 0.29) is 12.2 Å². The van der Waals surface area contributed by atoms with Crippen LogP contribution in [-0.4, -0.2) is 56.7 Å². The Labute approximate surface area is 291 Å². The lowest BCUT2D eigenvalue weighted by Crippen LogP contribution is -2.39. The van der Waals surface area contributed by atoms with E-state index >= 15 is 0 Å². The average Bonchev–Trinajstić information content (AvgIpc) is 3.74. The third kappa shape index (κ3) is 7.84. The van der Waals surface area contributed by atoms with Crippen molar-refractivity contribution in [3.8, 4) is 5.69 Å². The molecule has 0 saturated heterocycles. The predicted octanol–water partition coefficient (Wildman–Crippen LogP) is 6.74. The van der Waals surface area contributed by atoms with Crippen LogP contribution in [0.25, 0.3) is 27.5 Å². The highest BCUT2D eigenvalue weighted by Gasteiger charge is 2.24. The highest BCUT2D eigenvalue weighted by atomic mass is 32.1. The fraction of sp³-hybridized carbons (Fsp3) is 0.216. The van der Waals surface area contributed by atoms with Crippen LogP contribution in [0.3, 0.4) is 0 Å². The van der Waals surface area contributed by atoms with Crippen LogP contribution < -0.4 is 0 Å². The van der Waals surface area contributed by atoms with Crippen molar-refractivity contribution in [2.24, 2.45) is 10.3 Å². The van der Waals surface area contributed by atoms with E-state index in [1.807, 2.05) is 66.0 Å². The number of nitrogens with zero attached hydrogens (tertiary/aromatic N) is 4. The molecule has 5 rings (SSSR count). The molecule has 0 aliphatic carbocycles. The maximum atomic E-state index is 13.4. The van der Waals surface area contributed by atoms with Gasteiger partial charge in [-0.2, -0.15) is 5.06 Å². The number of hydroxylamine groups is 2. The number of hydrogen-bond donors (Lipinski definition) is 0. The number of aromatic nitrogens is 1. The summed E-state index contributed by atoms with van der Waals surface area (Å²) in [4.78, 5) is 76.1. The molecule has 256 valence electrons. The number of thiophene rings is 1. The molecule has 12 nitrogen and oxygen atoms in total. The molecule has 5 aromatic rings. The van der Waals surface area contributed by atoms with Gasteiger partial charge in [-0.05, 0) is 73.3 Å². The molecule has 0 N–H and O–H groups in total. The summed E-state index contributed by atoms with van der Waals surface area (Å²) in [5.74, 6) is -2.40. The Balaban J connectivity index is 1.67. The molecule has 3 aromatic carbocycles. The van der Waals surface area contributed by atoms with Crippen molar-refractivity contribution in [2.75, 3.05) is 0 Å². The van der Waals surface area contributed by atoms with Crippen LogP contribution in [-0.2, 0) is 33.7 Å². The third-order valence-corrected chi connectivity index (χ3v) is 8.54. The molecule has 0 spiro atoms. The second kappa shape index (κ2) is 15.1. The van der Waals surface area contributed by atoms with E-state index < -0.39 is 29.9 Å². The summed E-state index contributed by atoms with van der Waals surface area (Å²) in [6.45, 7) is 8.40. The molecule has 0 aliphatic heterocycles. The lowest BCUT2D eigenvalue weighted by Gasteiger charge is -2.26. The minimum absolute atomic E-state index is 0.0715. The van der Waals surface area contributed by atoms with Crippen LogP contribution in [0, 0.1) is 0 Å². The summed E-state index contributed by atoms with van der Waals surface area (Å²) in [6.07, 6.45) is 0.0715. The van der Waals surface area contributed by atoms with Crippen LogP contribution >= 0.6 is 11.3 Å². The Hall–Kier alpha value is -5.95. The van der Waals surface area contributed by atoms with Crippen LogP contribution in [0.4, 0.5) is 0 Å². The Morgan fingerprint density at radius 2 is 1.32 bits per heavy atom. The number of carbonyl (C=O) groups is 5. The van der Waals surface area contributed by atoms with Gasteiger partial charge in [-0.15, -0.1) is 11.3 Å². The quantitative estimate of drug-likeness (QED) is 0.0677. The molecule has 0 bridgehead atoms. The molecule has 1 amide bonds.